The van der Waals surface area contributed by atoms with Crippen LogP contribution in [0.3, 0.4) is 0 Å². The maximum Gasteiger partial charge on any atom is 0.225 e. The summed E-state index contributed by atoms with van der Waals surface area (Å²) in [6, 6.07) is 0.236. The van der Waals surface area contributed by atoms with Gasteiger partial charge in [-0.05, 0) is 25.2 Å². The zero-order valence-corrected chi connectivity index (χ0v) is 10.9. The standard InChI is InChI=1S/C13H26N2O/c1-4-10(2)9-15(3)13(16)11-6-5-7-12(14)8-11/h10-12H,4-9,14H2,1-3H3. The molecule has 0 spiro atoms. The van der Waals surface area contributed by atoms with Crippen molar-refractivity contribution in [2.24, 2.45) is 17.6 Å². The van der Waals surface area contributed by atoms with Crippen molar-refractivity contribution >= 4 is 5.91 Å². The average Bonchev–Trinajstić information content (AvgIpc) is 2.27. The molecule has 1 amide bonds. The van der Waals surface area contributed by atoms with Gasteiger partial charge in [0.25, 0.3) is 0 Å². The van der Waals surface area contributed by atoms with Gasteiger partial charge in [0.1, 0.15) is 0 Å². The summed E-state index contributed by atoms with van der Waals surface area (Å²) in [6.07, 6.45) is 5.22. The van der Waals surface area contributed by atoms with Crippen LogP contribution in [0, 0.1) is 11.8 Å². The van der Waals surface area contributed by atoms with E-state index in [2.05, 4.69) is 13.8 Å². The van der Waals surface area contributed by atoms with Crippen LogP contribution in [0.15, 0.2) is 0 Å². The molecule has 16 heavy (non-hydrogen) atoms. The zero-order chi connectivity index (χ0) is 12.1. The van der Waals surface area contributed by atoms with Gasteiger partial charge in [-0.15, -0.1) is 0 Å². The quantitative estimate of drug-likeness (QED) is 0.797. The topological polar surface area (TPSA) is 46.3 Å². The third-order valence-electron chi connectivity index (χ3n) is 3.72. The van der Waals surface area contributed by atoms with Gasteiger partial charge in [0, 0.05) is 25.6 Å². The van der Waals surface area contributed by atoms with Gasteiger partial charge in [-0.2, -0.15) is 0 Å². The summed E-state index contributed by atoms with van der Waals surface area (Å²) in [5, 5.41) is 0. The third-order valence-corrected chi connectivity index (χ3v) is 3.72. The number of nitrogens with two attached hydrogens (primary N) is 1. The van der Waals surface area contributed by atoms with Crippen molar-refractivity contribution in [3.63, 3.8) is 0 Å². The molecule has 0 heterocycles. The molecule has 1 rings (SSSR count). The molecule has 1 aliphatic carbocycles. The first-order valence-corrected chi connectivity index (χ1v) is 6.55. The second-order valence-corrected chi connectivity index (χ2v) is 5.36. The Hall–Kier alpha value is -0.570. The molecule has 3 unspecified atom stereocenters. The summed E-state index contributed by atoms with van der Waals surface area (Å²) in [6.45, 7) is 5.23. The molecule has 1 saturated carbocycles. The average molecular weight is 226 g/mol. The van der Waals surface area contributed by atoms with Crippen molar-refractivity contribution in [1.29, 1.82) is 0 Å². The van der Waals surface area contributed by atoms with E-state index >= 15 is 0 Å². The predicted molar refractivity (Wildman–Crippen MR) is 67.0 cm³/mol. The number of hydrogen-bond donors (Lipinski definition) is 1. The van der Waals surface area contributed by atoms with Crippen LogP contribution in [0.5, 0.6) is 0 Å². The van der Waals surface area contributed by atoms with E-state index in [4.69, 9.17) is 5.73 Å². The number of hydrogen-bond acceptors (Lipinski definition) is 2. The first-order valence-electron chi connectivity index (χ1n) is 6.55. The Morgan fingerprint density at radius 2 is 2.19 bits per heavy atom. The Kier molecular flexibility index (Phi) is 5.26. The highest BCUT2D eigenvalue weighted by atomic mass is 16.2. The third kappa shape index (κ3) is 3.78. The molecular weight excluding hydrogens is 200 g/mol. The SMILES string of the molecule is CCC(C)CN(C)C(=O)C1CCCC(N)C1. The largest absolute Gasteiger partial charge is 0.345 e. The van der Waals surface area contributed by atoms with Crippen molar-refractivity contribution in [3.8, 4) is 0 Å². The van der Waals surface area contributed by atoms with Crippen LogP contribution in [0.2, 0.25) is 0 Å². The van der Waals surface area contributed by atoms with Crippen LogP contribution in [-0.2, 0) is 4.79 Å². The van der Waals surface area contributed by atoms with Crippen LogP contribution in [0.25, 0.3) is 0 Å². The number of carbonyl (C=O) groups is 1. The zero-order valence-electron chi connectivity index (χ0n) is 10.9. The van der Waals surface area contributed by atoms with Gasteiger partial charge < -0.3 is 10.6 Å². The molecule has 0 bridgehead atoms. The molecule has 0 saturated heterocycles. The lowest BCUT2D eigenvalue weighted by Crippen LogP contribution is -2.40. The monoisotopic (exact) mass is 226 g/mol. The van der Waals surface area contributed by atoms with Crippen LogP contribution >= 0.6 is 0 Å². The fourth-order valence-corrected chi connectivity index (χ4v) is 2.45. The second kappa shape index (κ2) is 6.24. The Labute approximate surface area is 99.4 Å². The van der Waals surface area contributed by atoms with Crippen molar-refractivity contribution in [1.82, 2.24) is 4.90 Å². The Morgan fingerprint density at radius 3 is 2.75 bits per heavy atom. The fraction of sp³-hybridized carbons (Fsp3) is 0.923. The molecule has 3 atom stereocenters. The van der Waals surface area contributed by atoms with Crippen molar-refractivity contribution in [2.45, 2.75) is 52.0 Å². The molecule has 94 valence electrons. The summed E-state index contributed by atoms with van der Waals surface area (Å²) in [5.41, 5.74) is 5.92. The van der Waals surface area contributed by atoms with Crippen molar-refractivity contribution in [3.05, 3.63) is 0 Å². The molecule has 2 N–H and O–H groups in total. The van der Waals surface area contributed by atoms with E-state index in [1.165, 1.54) is 0 Å². The highest BCUT2D eigenvalue weighted by Crippen LogP contribution is 2.24. The first kappa shape index (κ1) is 13.5. The summed E-state index contributed by atoms with van der Waals surface area (Å²) in [5.74, 6) is 1.07. The minimum atomic E-state index is 0.179. The second-order valence-electron chi connectivity index (χ2n) is 5.36. The maximum absolute atomic E-state index is 12.2. The van der Waals surface area contributed by atoms with Crippen LogP contribution in [-0.4, -0.2) is 30.4 Å². The van der Waals surface area contributed by atoms with Gasteiger partial charge in [0.15, 0.2) is 0 Å². The van der Waals surface area contributed by atoms with E-state index in [9.17, 15) is 4.79 Å². The molecule has 0 aliphatic heterocycles. The summed E-state index contributed by atoms with van der Waals surface area (Å²) < 4.78 is 0. The molecule has 1 aliphatic rings. The van der Waals surface area contributed by atoms with E-state index in [-0.39, 0.29) is 12.0 Å². The molecular formula is C13H26N2O. The fourth-order valence-electron chi connectivity index (χ4n) is 2.45. The molecule has 0 aromatic carbocycles. The number of nitrogens with zero attached hydrogens (tertiary/aromatic N) is 1. The molecule has 3 nitrogen and oxygen atoms in total. The van der Waals surface area contributed by atoms with E-state index in [0.717, 1.165) is 38.6 Å². The number of carbonyl (C=O) groups excluding carboxylic acids is 1. The molecule has 0 aromatic heterocycles. The van der Waals surface area contributed by atoms with E-state index in [1.807, 2.05) is 11.9 Å². The lowest BCUT2D eigenvalue weighted by atomic mass is 9.85. The smallest absolute Gasteiger partial charge is 0.225 e. The van der Waals surface area contributed by atoms with Gasteiger partial charge >= 0.3 is 0 Å². The van der Waals surface area contributed by atoms with Gasteiger partial charge in [0.2, 0.25) is 5.91 Å². The molecule has 3 heteroatoms. The summed E-state index contributed by atoms with van der Waals surface area (Å²) >= 11 is 0. The van der Waals surface area contributed by atoms with Gasteiger partial charge in [-0.25, -0.2) is 0 Å². The van der Waals surface area contributed by atoms with E-state index < -0.39 is 0 Å². The lowest BCUT2D eigenvalue weighted by molar-refractivity contribution is -0.135. The highest BCUT2D eigenvalue weighted by molar-refractivity contribution is 5.78. The molecule has 1 fully saturated rings. The minimum absolute atomic E-state index is 0.179. The first-order chi connectivity index (χ1) is 7.54. The Balaban J connectivity index is 2.43. The van der Waals surface area contributed by atoms with E-state index in [0.29, 0.717) is 11.8 Å². The predicted octanol–water partition coefficient (Wildman–Crippen LogP) is 2.01. The van der Waals surface area contributed by atoms with Crippen molar-refractivity contribution < 1.29 is 4.79 Å². The highest BCUT2D eigenvalue weighted by Gasteiger charge is 2.27. The van der Waals surface area contributed by atoms with Crippen molar-refractivity contribution in [2.75, 3.05) is 13.6 Å². The molecule has 0 radical (unpaired) electrons. The Bertz CT molecular complexity index is 230. The van der Waals surface area contributed by atoms with E-state index in [1.54, 1.807) is 0 Å². The number of rotatable bonds is 4. The minimum Gasteiger partial charge on any atom is -0.345 e. The Morgan fingerprint density at radius 1 is 1.50 bits per heavy atom. The normalized spacial score (nSPS) is 27.5. The summed E-state index contributed by atoms with van der Waals surface area (Å²) in [4.78, 5) is 14.1. The maximum atomic E-state index is 12.2. The lowest BCUT2D eigenvalue weighted by Gasteiger charge is -2.30. The van der Waals surface area contributed by atoms with Gasteiger partial charge in [-0.1, -0.05) is 26.7 Å². The number of amides is 1. The summed E-state index contributed by atoms with van der Waals surface area (Å²) in [7, 11) is 1.93. The van der Waals surface area contributed by atoms with Gasteiger partial charge in [-0.3, -0.25) is 4.79 Å². The van der Waals surface area contributed by atoms with Crippen LogP contribution < -0.4 is 5.73 Å². The van der Waals surface area contributed by atoms with Crippen LogP contribution in [0.1, 0.15) is 46.0 Å². The van der Waals surface area contributed by atoms with Crippen LogP contribution in [0.4, 0.5) is 0 Å². The van der Waals surface area contributed by atoms with Gasteiger partial charge in [0.05, 0.1) is 0 Å². The molecule has 0 aromatic rings.